The maximum atomic E-state index is 11.6. The summed E-state index contributed by atoms with van der Waals surface area (Å²) in [4.78, 5) is 33.7. The van der Waals surface area contributed by atoms with Crippen molar-refractivity contribution in [1.82, 2.24) is 5.32 Å². The van der Waals surface area contributed by atoms with E-state index in [2.05, 4.69) is 16.6 Å². The highest BCUT2D eigenvalue weighted by molar-refractivity contribution is 6.01. The first-order chi connectivity index (χ1) is 9.90. The number of hydrogen-bond acceptors (Lipinski definition) is 3. The van der Waals surface area contributed by atoms with Crippen LogP contribution in [0.3, 0.4) is 0 Å². The molecule has 6 heteroatoms. The minimum atomic E-state index is -0.981. The van der Waals surface area contributed by atoms with Gasteiger partial charge in [0.1, 0.15) is 0 Å². The lowest BCUT2D eigenvalue weighted by atomic mass is 10.0. The molecule has 6 nitrogen and oxygen atoms in total. The van der Waals surface area contributed by atoms with E-state index in [0.717, 1.165) is 0 Å². The number of urea groups is 1. The van der Waals surface area contributed by atoms with Crippen molar-refractivity contribution in [2.75, 3.05) is 5.32 Å². The van der Waals surface area contributed by atoms with Gasteiger partial charge in [0, 0.05) is 24.1 Å². The summed E-state index contributed by atoms with van der Waals surface area (Å²) in [6.45, 7) is 1.63. The molecule has 0 heterocycles. The van der Waals surface area contributed by atoms with E-state index in [0.29, 0.717) is 11.3 Å². The summed E-state index contributed by atoms with van der Waals surface area (Å²) in [5, 5.41) is 13.2. The van der Waals surface area contributed by atoms with E-state index in [4.69, 9.17) is 11.5 Å². The van der Waals surface area contributed by atoms with Gasteiger partial charge in [-0.05, 0) is 24.1 Å². The van der Waals surface area contributed by atoms with Crippen LogP contribution in [0.1, 0.15) is 25.3 Å². The predicted molar refractivity (Wildman–Crippen MR) is 77.6 cm³/mol. The summed E-state index contributed by atoms with van der Waals surface area (Å²) in [6.07, 6.45) is 5.08. The molecule has 0 bridgehead atoms. The van der Waals surface area contributed by atoms with Gasteiger partial charge in [0.25, 0.3) is 0 Å². The quantitative estimate of drug-likeness (QED) is 0.720. The van der Waals surface area contributed by atoms with Gasteiger partial charge < -0.3 is 10.4 Å². The zero-order chi connectivity index (χ0) is 15.8. The molecule has 1 rings (SSSR count). The van der Waals surface area contributed by atoms with Crippen LogP contribution in [0.2, 0.25) is 0 Å². The molecule has 21 heavy (non-hydrogen) atoms. The molecule has 0 aromatic heterocycles. The molecule has 3 N–H and O–H groups in total. The lowest BCUT2D eigenvalue weighted by molar-refractivity contribution is -0.138. The second-order valence-electron chi connectivity index (χ2n) is 4.63. The van der Waals surface area contributed by atoms with E-state index in [1.165, 1.54) is 0 Å². The molecule has 1 atom stereocenters. The summed E-state index contributed by atoms with van der Waals surface area (Å²) in [6, 6.07) is 5.94. The first-order valence-electron chi connectivity index (χ1n) is 6.30. The number of carbonyl (C=O) groups is 3. The highest BCUT2D eigenvalue weighted by Crippen LogP contribution is 2.10. The third kappa shape index (κ3) is 6.25. The van der Waals surface area contributed by atoms with Crippen LogP contribution in [-0.4, -0.2) is 23.0 Å². The Kier molecular flexibility index (Phi) is 5.96. The second-order valence-corrected chi connectivity index (χ2v) is 4.63. The van der Waals surface area contributed by atoms with E-state index in [1.54, 1.807) is 31.2 Å². The fourth-order valence-corrected chi connectivity index (χ4v) is 1.71. The number of hydrogen-bond donors (Lipinski definition) is 3. The van der Waals surface area contributed by atoms with Crippen LogP contribution in [0.4, 0.5) is 10.5 Å². The van der Waals surface area contributed by atoms with Crippen molar-refractivity contribution in [3.05, 3.63) is 29.8 Å². The number of rotatable bonds is 5. The fourth-order valence-electron chi connectivity index (χ4n) is 1.71. The van der Waals surface area contributed by atoms with Crippen LogP contribution in [0, 0.1) is 18.3 Å². The minimum absolute atomic E-state index is 0.0376. The largest absolute Gasteiger partial charge is 0.481 e. The van der Waals surface area contributed by atoms with E-state index in [9.17, 15) is 14.4 Å². The fraction of sp³-hybridized carbons (Fsp3) is 0.267. The number of carboxylic acids is 1. The Bertz CT molecular complexity index is 590. The summed E-state index contributed by atoms with van der Waals surface area (Å²) < 4.78 is 0. The lowest BCUT2D eigenvalue weighted by Gasteiger charge is -2.09. The van der Waals surface area contributed by atoms with Crippen LogP contribution in [0.15, 0.2) is 24.3 Å². The van der Waals surface area contributed by atoms with Crippen molar-refractivity contribution in [2.24, 2.45) is 5.92 Å². The molecule has 0 fully saturated rings. The number of anilines is 1. The number of aliphatic carboxylic acids is 1. The Hall–Kier alpha value is -2.81. The Morgan fingerprint density at radius 3 is 2.67 bits per heavy atom. The normalized spacial score (nSPS) is 11.0. The topological polar surface area (TPSA) is 95.5 Å². The number of amides is 3. The highest BCUT2D eigenvalue weighted by Gasteiger charge is 2.14. The highest BCUT2D eigenvalue weighted by atomic mass is 16.4. The molecule has 0 saturated heterocycles. The van der Waals surface area contributed by atoms with Crippen molar-refractivity contribution >= 4 is 23.6 Å². The molecule has 0 radical (unpaired) electrons. The summed E-state index contributed by atoms with van der Waals surface area (Å²) >= 11 is 0. The number of nitrogens with one attached hydrogen (secondary N) is 2. The zero-order valence-electron chi connectivity index (χ0n) is 11.6. The second kappa shape index (κ2) is 7.70. The number of carbonyl (C=O) groups excluding carboxylic acids is 2. The zero-order valence-corrected chi connectivity index (χ0v) is 11.6. The summed E-state index contributed by atoms with van der Waals surface area (Å²) in [5.41, 5.74) is 1.07. The maximum absolute atomic E-state index is 11.6. The minimum Gasteiger partial charge on any atom is -0.481 e. The third-order valence-corrected chi connectivity index (χ3v) is 2.60. The molecule has 0 spiro atoms. The number of terminal acetylenes is 1. The molecule has 110 valence electrons. The van der Waals surface area contributed by atoms with E-state index in [1.807, 2.05) is 0 Å². The Balaban J connectivity index is 2.48. The van der Waals surface area contributed by atoms with Gasteiger partial charge in [0.2, 0.25) is 5.91 Å². The Morgan fingerprint density at radius 1 is 1.33 bits per heavy atom. The number of benzene rings is 1. The van der Waals surface area contributed by atoms with Crippen molar-refractivity contribution < 1.29 is 19.5 Å². The van der Waals surface area contributed by atoms with Crippen LogP contribution in [0.5, 0.6) is 0 Å². The monoisotopic (exact) mass is 288 g/mol. The van der Waals surface area contributed by atoms with E-state index >= 15 is 0 Å². The SMILES string of the molecule is C#Cc1cccc(NC(=O)NC(=O)CC(C)CC(=O)O)c1. The van der Waals surface area contributed by atoms with Crippen LogP contribution >= 0.6 is 0 Å². The van der Waals surface area contributed by atoms with Gasteiger partial charge in [-0.1, -0.05) is 18.9 Å². The van der Waals surface area contributed by atoms with Gasteiger partial charge in [-0.15, -0.1) is 6.42 Å². The summed E-state index contributed by atoms with van der Waals surface area (Å²) in [5.74, 6) is 0.571. The first-order valence-corrected chi connectivity index (χ1v) is 6.30. The van der Waals surface area contributed by atoms with E-state index < -0.39 is 17.9 Å². The smallest absolute Gasteiger partial charge is 0.325 e. The van der Waals surface area contributed by atoms with Crippen LogP contribution < -0.4 is 10.6 Å². The Morgan fingerprint density at radius 2 is 2.05 bits per heavy atom. The van der Waals surface area contributed by atoms with Crippen molar-refractivity contribution in [2.45, 2.75) is 19.8 Å². The van der Waals surface area contributed by atoms with Gasteiger partial charge in [0.15, 0.2) is 0 Å². The molecule has 0 aliphatic carbocycles. The first kappa shape index (κ1) is 16.2. The van der Waals surface area contributed by atoms with Crippen molar-refractivity contribution in [3.8, 4) is 12.3 Å². The lowest BCUT2D eigenvalue weighted by Crippen LogP contribution is -2.35. The third-order valence-electron chi connectivity index (χ3n) is 2.60. The van der Waals surface area contributed by atoms with Gasteiger partial charge in [-0.2, -0.15) is 0 Å². The molecular weight excluding hydrogens is 272 g/mol. The van der Waals surface area contributed by atoms with Gasteiger partial charge in [0.05, 0.1) is 0 Å². The predicted octanol–water partition coefficient (Wildman–Crippen LogP) is 1.82. The molecule has 0 aliphatic rings. The van der Waals surface area contributed by atoms with Gasteiger partial charge in [-0.25, -0.2) is 4.79 Å². The van der Waals surface area contributed by atoms with Gasteiger partial charge >= 0.3 is 12.0 Å². The molecule has 1 unspecified atom stereocenters. The summed E-state index contributed by atoms with van der Waals surface area (Å²) in [7, 11) is 0. The van der Waals surface area contributed by atoms with E-state index in [-0.39, 0.29) is 18.8 Å². The average Bonchev–Trinajstić information content (AvgIpc) is 2.37. The number of imide groups is 1. The molecular formula is C15H16N2O4. The molecule has 1 aromatic rings. The average molecular weight is 288 g/mol. The number of carboxylic acid groups (broad SMARTS) is 1. The van der Waals surface area contributed by atoms with Crippen molar-refractivity contribution in [1.29, 1.82) is 0 Å². The van der Waals surface area contributed by atoms with Crippen LogP contribution in [0.25, 0.3) is 0 Å². The van der Waals surface area contributed by atoms with Crippen LogP contribution in [-0.2, 0) is 9.59 Å². The standard InChI is InChI=1S/C15H16N2O4/c1-3-11-5-4-6-12(9-11)16-15(21)17-13(18)7-10(2)8-14(19)20/h1,4-6,9-10H,7-8H2,2H3,(H,19,20)(H2,16,17,18,21). The molecule has 0 aliphatic heterocycles. The van der Waals surface area contributed by atoms with Crippen molar-refractivity contribution in [3.63, 3.8) is 0 Å². The molecule has 0 saturated carbocycles. The Labute approximate surface area is 122 Å². The molecule has 1 aromatic carbocycles. The maximum Gasteiger partial charge on any atom is 0.325 e. The van der Waals surface area contributed by atoms with Gasteiger partial charge in [-0.3, -0.25) is 14.9 Å². The molecule has 3 amide bonds.